The van der Waals surface area contributed by atoms with Crippen molar-refractivity contribution in [3.63, 3.8) is 0 Å². The highest BCUT2D eigenvalue weighted by molar-refractivity contribution is 5.97. The van der Waals surface area contributed by atoms with Crippen LogP contribution in [0.4, 0.5) is 4.39 Å². The number of halogens is 1. The lowest BCUT2D eigenvalue weighted by atomic mass is 9.98. The van der Waals surface area contributed by atoms with E-state index in [-0.39, 0.29) is 5.84 Å². The summed E-state index contributed by atoms with van der Waals surface area (Å²) >= 11 is 0. The molecule has 5 nitrogen and oxygen atoms in total. The Morgan fingerprint density at radius 1 is 1.47 bits per heavy atom. The second-order valence-corrected chi connectivity index (χ2v) is 5.08. The van der Waals surface area contributed by atoms with Gasteiger partial charge < -0.3 is 21.4 Å². The Bertz CT molecular complexity index is 473. The SMILES string of the molecule is CC(O)C(C)(C)NCc1cc(F)cc(/C(N)=N/O)c1. The summed E-state index contributed by atoms with van der Waals surface area (Å²) in [7, 11) is 0. The van der Waals surface area contributed by atoms with Gasteiger partial charge in [-0.05, 0) is 44.5 Å². The molecule has 6 heteroatoms. The summed E-state index contributed by atoms with van der Waals surface area (Å²) in [6, 6.07) is 4.18. The van der Waals surface area contributed by atoms with E-state index < -0.39 is 17.5 Å². The average Bonchev–Trinajstić information content (AvgIpc) is 2.34. The first-order valence-corrected chi connectivity index (χ1v) is 5.96. The predicted molar refractivity (Wildman–Crippen MR) is 71.5 cm³/mol. The second-order valence-electron chi connectivity index (χ2n) is 5.08. The van der Waals surface area contributed by atoms with Crippen LogP contribution in [0.5, 0.6) is 0 Å². The van der Waals surface area contributed by atoms with Gasteiger partial charge in [0.25, 0.3) is 0 Å². The van der Waals surface area contributed by atoms with E-state index in [1.807, 2.05) is 13.8 Å². The molecule has 0 aromatic heterocycles. The number of aliphatic hydroxyl groups is 1. The van der Waals surface area contributed by atoms with Crippen LogP contribution >= 0.6 is 0 Å². The monoisotopic (exact) mass is 269 g/mol. The second kappa shape index (κ2) is 5.99. The Balaban J connectivity index is 2.88. The third-order valence-corrected chi connectivity index (χ3v) is 3.15. The Hall–Kier alpha value is -1.66. The fourth-order valence-corrected chi connectivity index (χ4v) is 1.44. The maximum Gasteiger partial charge on any atom is 0.170 e. The molecular weight excluding hydrogens is 249 g/mol. The Labute approximate surface area is 111 Å². The number of nitrogens with zero attached hydrogens (tertiary/aromatic N) is 1. The van der Waals surface area contributed by atoms with E-state index in [0.29, 0.717) is 17.7 Å². The van der Waals surface area contributed by atoms with E-state index in [1.165, 1.54) is 12.1 Å². The maximum atomic E-state index is 13.4. The van der Waals surface area contributed by atoms with Crippen LogP contribution < -0.4 is 11.1 Å². The van der Waals surface area contributed by atoms with Crippen LogP contribution in [-0.2, 0) is 6.54 Å². The van der Waals surface area contributed by atoms with Gasteiger partial charge in [-0.1, -0.05) is 5.16 Å². The van der Waals surface area contributed by atoms with Crippen molar-refractivity contribution in [1.29, 1.82) is 0 Å². The van der Waals surface area contributed by atoms with E-state index in [2.05, 4.69) is 10.5 Å². The third-order valence-electron chi connectivity index (χ3n) is 3.15. The first-order valence-electron chi connectivity index (χ1n) is 5.96. The van der Waals surface area contributed by atoms with Gasteiger partial charge in [-0.15, -0.1) is 0 Å². The molecule has 0 heterocycles. The summed E-state index contributed by atoms with van der Waals surface area (Å²) < 4.78 is 13.4. The molecule has 19 heavy (non-hydrogen) atoms. The lowest BCUT2D eigenvalue weighted by Crippen LogP contribution is -2.47. The van der Waals surface area contributed by atoms with Crippen LogP contribution in [-0.4, -0.2) is 27.8 Å². The fraction of sp³-hybridized carbons (Fsp3) is 0.462. The molecule has 0 aliphatic rings. The van der Waals surface area contributed by atoms with E-state index in [9.17, 15) is 9.50 Å². The number of benzene rings is 1. The van der Waals surface area contributed by atoms with Gasteiger partial charge in [0.2, 0.25) is 0 Å². The van der Waals surface area contributed by atoms with E-state index >= 15 is 0 Å². The molecule has 106 valence electrons. The normalized spacial score (nSPS) is 14.5. The van der Waals surface area contributed by atoms with Gasteiger partial charge in [0.05, 0.1) is 6.10 Å². The van der Waals surface area contributed by atoms with Crippen LogP contribution in [0.2, 0.25) is 0 Å². The average molecular weight is 269 g/mol. The molecule has 1 atom stereocenters. The summed E-state index contributed by atoms with van der Waals surface area (Å²) in [5.74, 6) is -0.605. The Kier molecular flexibility index (Phi) is 4.85. The first-order chi connectivity index (χ1) is 8.76. The van der Waals surface area contributed by atoms with Crippen LogP contribution in [0.3, 0.4) is 0 Å². The molecule has 1 aromatic carbocycles. The minimum atomic E-state index is -0.551. The van der Waals surface area contributed by atoms with Crippen LogP contribution in [0, 0.1) is 5.82 Å². The lowest BCUT2D eigenvalue weighted by Gasteiger charge is -2.29. The number of amidine groups is 1. The molecule has 0 radical (unpaired) electrons. The lowest BCUT2D eigenvalue weighted by molar-refractivity contribution is 0.0956. The number of oxime groups is 1. The van der Waals surface area contributed by atoms with Crippen LogP contribution in [0.1, 0.15) is 31.9 Å². The Morgan fingerprint density at radius 3 is 2.63 bits per heavy atom. The molecule has 1 rings (SSSR count). The van der Waals surface area contributed by atoms with E-state index in [1.54, 1.807) is 13.0 Å². The van der Waals surface area contributed by atoms with Crippen molar-refractivity contribution in [3.8, 4) is 0 Å². The maximum absolute atomic E-state index is 13.4. The zero-order chi connectivity index (χ0) is 14.6. The first kappa shape index (κ1) is 15.4. The molecular formula is C13H20FN3O2. The number of rotatable bonds is 5. The Morgan fingerprint density at radius 2 is 2.11 bits per heavy atom. The van der Waals surface area contributed by atoms with Gasteiger partial charge in [-0.2, -0.15) is 0 Å². The number of hydrogen-bond donors (Lipinski definition) is 4. The van der Waals surface area contributed by atoms with Gasteiger partial charge in [-0.3, -0.25) is 0 Å². The summed E-state index contributed by atoms with van der Waals surface area (Å²) in [5.41, 5.74) is 5.90. The standard InChI is InChI=1S/C13H20FN3O2/c1-8(18)13(2,3)16-7-9-4-10(12(15)17-19)6-11(14)5-9/h4-6,8,16,18-19H,7H2,1-3H3,(H2,15,17). The van der Waals surface area contributed by atoms with Gasteiger partial charge in [-0.25, -0.2) is 4.39 Å². The molecule has 5 N–H and O–H groups in total. The fourth-order valence-electron chi connectivity index (χ4n) is 1.44. The van der Waals surface area contributed by atoms with Crippen molar-refractivity contribution < 1.29 is 14.7 Å². The van der Waals surface area contributed by atoms with Gasteiger partial charge >= 0.3 is 0 Å². The number of nitrogens with two attached hydrogens (primary N) is 1. The highest BCUT2D eigenvalue weighted by Crippen LogP contribution is 2.13. The molecule has 1 aromatic rings. The van der Waals surface area contributed by atoms with E-state index in [0.717, 1.165) is 0 Å². The minimum absolute atomic E-state index is 0.143. The zero-order valence-corrected chi connectivity index (χ0v) is 11.3. The molecule has 0 saturated heterocycles. The van der Waals surface area contributed by atoms with Crippen LogP contribution in [0.25, 0.3) is 0 Å². The minimum Gasteiger partial charge on any atom is -0.409 e. The largest absolute Gasteiger partial charge is 0.409 e. The van der Waals surface area contributed by atoms with Crippen molar-refractivity contribution in [2.24, 2.45) is 10.9 Å². The number of nitrogens with one attached hydrogen (secondary N) is 1. The van der Waals surface area contributed by atoms with Crippen molar-refractivity contribution in [2.75, 3.05) is 0 Å². The molecule has 0 bridgehead atoms. The molecule has 0 aliphatic carbocycles. The van der Waals surface area contributed by atoms with Crippen molar-refractivity contribution in [1.82, 2.24) is 5.32 Å². The summed E-state index contributed by atoms with van der Waals surface area (Å²) in [6.07, 6.45) is -0.551. The van der Waals surface area contributed by atoms with Gasteiger partial charge in [0.1, 0.15) is 5.82 Å². The highest BCUT2D eigenvalue weighted by atomic mass is 19.1. The summed E-state index contributed by atoms with van der Waals surface area (Å²) in [5, 5.41) is 24.2. The van der Waals surface area contributed by atoms with Crippen molar-refractivity contribution >= 4 is 5.84 Å². The number of aliphatic hydroxyl groups excluding tert-OH is 1. The smallest absolute Gasteiger partial charge is 0.170 e. The quantitative estimate of drug-likeness (QED) is 0.279. The zero-order valence-electron chi connectivity index (χ0n) is 11.3. The molecule has 0 spiro atoms. The topological polar surface area (TPSA) is 90.9 Å². The van der Waals surface area contributed by atoms with Crippen molar-refractivity contribution in [3.05, 3.63) is 35.1 Å². The summed E-state index contributed by atoms with van der Waals surface area (Å²) in [4.78, 5) is 0. The van der Waals surface area contributed by atoms with Crippen LogP contribution in [0.15, 0.2) is 23.4 Å². The van der Waals surface area contributed by atoms with Crippen molar-refractivity contribution in [2.45, 2.75) is 39.0 Å². The predicted octanol–water partition coefficient (Wildman–Crippen LogP) is 1.17. The number of hydrogen-bond acceptors (Lipinski definition) is 4. The van der Waals surface area contributed by atoms with Gasteiger partial charge in [0.15, 0.2) is 5.84 Å². The molecule has 0 amide bonds. The van der Waals surface area contributed by atoms with Gasteiger partial charge in [0, 0.05) is 17.6 Å². The summed E-state index contributed by atoms with van der Waals surface area (Å²) in [6.45, 7) is 5.74. The molecule has 0 saturated carbocycles. The highest BCUT2D eigenvalue weighted by Gasteiger charge is 2.23. The molecule has 0 fully saturated rings. The third kappa shape index (κ3) is 4.18. The molecule has 0 aliphatic heterocycles. The molecule has 1 unspecified atom stereocenters. The van der Waals surface area contributed by atoms with E-state index in [4.69, 9.17) is 10.9 Å².